The van der Waals surface area contributed by atoms with Crippen LogP contribution >= 0.6 is 0 Å². The topological polar surface area (TPSA) is 67.6 Å². The quantitative estimate of drug-likeness (QED) is 0.184. The molecule has 0 amide bonds. The van der Waals surface area contributed by atoms with Crippen LogP contribution in [0.2, 0.25) is 0 Å². The molecular weight excluding hydrogens is 637 g/mol. The molecule has 10 aromatic rings. The second kappa shape index (κ2) is 11.9. The van der Waals surface area contributed by atoms with Gasteiger partial charge in [0, 0.05) is 27.3 Å². The van der Waals surface area contributed by atoms with Crippen LogP contribution in [0, 0.1) is 11.3 Å². The second-order valence-electron chi connectivity index (χ2n) is 12.8. The molecule has 0 saturated heterocycles. The first-order valence-corrected chi connectivity index (χ1v) is 17.2. The Hall–Kier alpha value is -7.29. The fourth-order valence-electron chi connectivity index (χ4n) is 7.60. The summed E-state index contributed by atoms with van der Waals surface area (Å²) in [6.45, 7) is 0. The predicted molar refractivity (Wildman–Crippen MR) is 210 cm³/mol. The van der Waals surface area contributed by atoms with Crippen LogP contribution in [-0.4, -0.2) is 14.5 Å². The number of benzene rings is 7. The summed E-state index contributed by atoms with van der Waals surface area (Å²) in [7, 11) is 0. The predicted octanol–water partition coefficient (Wildman–Crippen LogP) is 12.0. The van der Waals surface area contributed by atoms with Gasteiger partial charge in [0.2, 0.25) is 0 Å². The Morgan fingerprint density at radius 3 is 1.77 bits per heavy atom. The van der Waals surface area contributed by atoms with Crippen molar-refractivity contribution < 1.29 is 4.42 Å². The van der Waals surface area contributed by atoms with Crippen molar-refractivity contribution in [1.82, 2.24) is 14.5 Å². The maximum Gasteiger partial charge on any atom is 0.163 e. The molecule has 10 rings (SSSR count). The van der Waals surface area contributed by atoms with Crippen molar-refractivity contribution in [2.45, 2.75) is 0 Å². The maximum absolute atomic E-state index is 10.7. The highest BCUT2D eigenvalue weighted by atomic mass is 16.3. The molecule has 0 spiro atoms. The Bertz CT molecular complexity index is 2950. The molecule has 3 heterocycles. The molecule has 5 heteroatoms. The van der Waals surface area contributed by atoms with Crippen molar-refractivity contribution in [2.24, 2.45) is 0 Å². The zero-order chi connectivity index (χ0) is 34.6. The molecule has 0 atom stereocenters. The standard InChI is InChI=1S/C47H28N4O/c48-29-37-44(31-17-6-2-7-18-31)49-47(50-45(37)32-19-8-3-9-20-32)43-33(30-15-4-1-5-16-30)23-14-25-39(43)51-38-24-12-10-22-36(38)42-40(51)28-27-35-34-21-11-13-26-41(34)52-46(35)42/h1-28H. The Labute approximate surface area is 299 Å². The average Bonchev–Trinajstić information content (AvgIpc) is 3.77. The largest absolute Gasteiger partial charge is 0.455 e. The van der Waals surface area contributed by atoms with Crippen molar-refractivity contribution in [2.75, 3.05) is 0 Å². The number of aromatic nitrogens is 3. The first-order chi connectivity index (χ1) is 25.8. The van der Waals surface area contributed by atoms with Crippen LogP contribution < -0.4 is 0 Å². The van der Waals surface area contributed by atoms with E-state index in [4.69, 9.17) is 14.4 Å². The number of furan rings is 1. The number of hydrogen-bond acceptors (Lipinski definition) is 4. The number of nitriles is 1. The molecule has 5 nitrogen and oxygen atoms in total. The van der Waals surface area contributed by atoms with Gasteiger partial charge in [-0.1, -0.05) is 140 Å². The minimum absolute atomic E-state index is 0.434. The summed E-state index contributed by atoms with van der Waals surface area (Å²) < 4.78 is 8.93. The lowest BCUT2D eigenvalue weighted by atomic mass is 9.95. The summed E-state index contributed by atoms with van der Waals surface area (Å²) in [5.74, 6) is 0.530. The Morgan fingerprint density at radius 1 is 0.500 bits per heavy atom. The van der Waals surface area contributed by atoms with Crippen molar-refractivity contribution in [3.05, 3.63) is 175 Å². The van der Waals surface area contributed by atoms with E-state index < -0.39 is 0 Å². The van der Waals surface area contributed by atoms with E-state index in [9.17, 15) is 5.26 Å². The third kappa shape index (κ3) is 4.56. The smallest absolute Gasteiger partial charge is 0.163 e. The van der Waals surface area contributed by atoms with Gasteiger partial charge >= 0.3 is 0 Å². The van der Waals surface area contributed by atoms with Gasteiger partial charge in [-0.15, -0.1) is 0 Å². The number of nitrogens with zero attached hydrogens (tertiary/aromatic N) is 4. The summed E-state index contributed by atoms with van der Waals surface area (Å²) in [6, 6.07) is 60.1. The molecule has 0 fully saturated rings. The van der Waals surface area contributed by atoms with Crippen LogP contribution in [0.1, 0.15) is 5.56 Å². The summed E-state index contributed by atoms with van der Waals surface area (Å²) in [4.78, 5) is 10.6. The second-order valence-corrected chi connectivity index (χ2v) is 12.8. The van der Waals surface area contributed by atoms with Crippen molar-refractivity contribution >= 4 is 43.7 Å². The minimum atomic E-state index is 0.434. The third-order valence-electron chi connectivity index (χ3n) is 9.89. The molecule has 0 saturated carbocycles. The van der Waals surface area contributed by atoms with Crippen molar-refractivity contribution in [1.29, 1.82) is 5.26 Å². The zero-order valence-corrected chi connectivity index (χ0v) is 27.9. The normalized spacial score (nSPS) is 11.4. The van der Waals surface area contributed by atoms with E-state index >= 15 is 0 Å². The van der Waals surface area contributed by atoms with Crippen LogP contribution in [0.3, 0.4) is 0 Å². The molecule has 0 aliphatic carbocycles. The lowest BCUT2D eigenvalue weighted by molar-refractivity contribution is 0.673. The molecule has 0 bridgehead atoms. The number of hydrogen-bond donors (Lipinski definition) is 0. The minimum Gasteiger partial charge on any atom is -0.455 e. The lowest BCUT2D eigenvalue weighted by Crippen LogP contribution is -2.05. The first-order valence-electron chi connectivity index (χ1n) is 17.2. The van der Waals surface area contributed by atoms with Crippen molar-refractivity contribution in [3.8, 4) is 56.8 Å². The highest BCUT2D eigenvalue weighted by Crippen LogP contribution is 2.44. The van der Waals surface area contributed by atoms with Crippen LogP contribution in [0.25, 0.3) is 94.5 Å². The van der Waals surface area contributed by atoms with Gasteiger partial charge in [-0.2, -0.15) is 5.26 Å². The highest BCUT2D eigenvalue weighted by molar-refractivity contribution is 6.24. The third-order valence-corrected chi connectivity index (χ3v) is 9.89. The maximum atomic E-state index is 10.7. The van der Waals surface area contributed by atoms with Gasteiger partial charge in [0.05, 0.1) is 39.1 Å². The van der Waals surface area contributed by atoms with E-state index in [0.29, 0.717) is 22.8 Å². The van der Waals surface area contributed by atoms with Gasteiger partial charge in [0.1, 0.15) is 22.8 Å². The number of rotatable bonds is 5. The molecule has 3 aromatic heterocycles. The molecule has 0 radical (unpaired) electrons. The molecule has 52 heavy (non-hydrogen) atoms. The molecule has 7 aromatic carbocycles. The van der Waals surface area contributed by atoms with Crippen LogP contribution in [0.15, 0.2) is 174 Å². The highest BCUT2D eigenvalue weighted by Gasteiger charge is 2.25. The summed E-state index contributed by atoms with van der Waals surface area (Å²) in [5, 5.41) is 15.0. The van der Waals surface area contributed by atoms with Gasteiger partial charge in [-0.25, -0.2) is 9.97 Å². The summed E-state index contributed by atoms with van der Waals surface area (Å²) >= 11 is 0. The van der Waals surface area contributed by atoms with Gasteiger partial charge in [-0.05, 0) is 41.5 Å². The van der Waals surface area contributed by atoms with E-state index in [1.807, 2.05) is 78.9 Å². The molecule has 0 aliphatic rings. The molecule has 0 aliphatic heterocycles. The average molecular weight is 665 g/mol. The van der Waals surface area contributed by atoms with Crippen molar-refractivity contribution in [3.63, 3.8) is 0 Å². The van der Waals surface area contributed by atoms with Gasteiger partial charge < -0.3 is 8.98 Å². The Balaban J connectivity index is 1.36. The van der Waals surface area contributed by atoms with Gasteiger partial charge in [-0.3, -0.25) is 0 Å². The fourth-order valence-corrected chi connectivity index (χ4v) is 7.60. The van der Waals surface area contributed by atoms with E-state index in [1.54, 1.807) is 0 Å². The molecule has 242 valence electrons. The Morgan fingerprint density at radius 2 is 1.10 bits per heavy atom. The summed E-state index contributed by atoms with van der Waals surface area (Å²) in [5.41, 5.74) is 10.9. The monoisotopic (exact) mass is 664 g/mol. The van der Waals surface area contributed by atoms with Crippen LogP contribution in [-0.2, 0) is 0 Å². The number of fused-ring (bicyclic) bond motifs is 7. The van der Waals surface area contributed by atoms with Crippen LogP contribution in [0.4, 0.5) is 0 Å². The van der Waals surface area contributed by atoms with Gasteiger partial charge in [0.25, 0.3) is 0 Å². The SMILES string of the molecule is N#Cc1c(-c2ccccc2)nc(-c2c(-c3ccccc3)cccc2-n2c3ccccc3c3c4oc5ccccc5c4ccc32)nc1-c1ccccc1. The van der Waals surface area contributed by atoms with Gasteiger partial charge in [0.15, 0.2) is 5.82 Å². The molecule has 0 unspecified atom stereocenters. The molecular formula is C47H28N4O. The van der Waals surface area contributed by atoms with E-state index in [-0.39, 0.29) is 0 Å². The molecule has 0 N–H and O–H groups in total. The Kier molecular flexibility index (Phi) is 6.80. The van der Waals surface area contributed by atoms with E-state index in [2.05, 4.69) is 102 Å². The summed E-state index contributed by atoms with van der Waals surface area (Å²) in [6.07, 6.45) is 0. The van der Waals surface area contributed by atoms with E-state index in [1.165, 1.54) is 0 Å². The fraction of sp³-hybridized carbons (Fsp3) is 0. The number of para-hydroxylation sites is 2. The zero-order valence-electron chi connectivity index (χ0n) is 27.9. The first kappa shape index (κ1) is 29.6. The lowest BCUT2D eigenvalue weighted by Gasteiger charge is -2.19. The van der Waals surface area contributed by atoms with E-state index in [0.717, 1.165) is 77.2 Å². The van der Waals surface area contributed by atoms with Crippen LogP contribution in [0.5, 0.6) is 0 Å².